The van der Waals surface area contributed by atoms with Crippen LogP contribution in [0, 0.1) is 0 Å². The Morgan fingerprint density at radius 3 is 1.94 bits per heavy atom. The smallest absolute Gasteiger partial charge is 0.0782 e. The maximum atomic E-state index is 2.51. The van der Waals surface area contributed by atoms with E-state index in [2.05, 4.69) is 193 Å². The lowest BCUT2D eigenvalue weighted by Gasteiger charge is -2.28. The van der Waals surface area contributed by atoms with Crippen molar-refractivity contribution in [2.24, 2.45) is 0 Å². The van der Waals surface area contributed by atoms with Gasteiger partial charge in [-0.3, -0.25) is 0 Å². The molecule has 0 amide bonds. The van der Waals surface area contributed by atoms with Crippen LogP contribution in [0.25, 0.3) is 71.5 Å². The largest absolute Gasteiger partial charge is 0.308 e. The van der Waals surface area contributed by atoms with Crippen LogP contribution in [0.3, 0.4) is 0 Å². The summed E-state index contributed by atoms with van der Waals surface area (Å²) in [6.07, 6.45) is 0.992. The van der Waals surface area contributed by atoms with Crippen molar-refractivity contribution >= 4 is 55.2 Å². The minimum Gasteiger partial charge on any atom is -0.308 e. The molecule has 2 aromatic heterocycles. The highest BCUT2D eigenvalue weighted by Crippen LogP contribution is 2.52. The number of fused-ring (bicyclic) bond motifs is 12. The van der Waals surface area contributed by atoms with Crippen LogP contribution in [0.2, 0.25) is 0 Å². The van der Waals surface area contributed by atoms with Gasteiger partial charge in [0.05, 0.1) is 22.2 Å². The molecule has 2 heteroatoms. The first-order valence-electron chi connectivity index (χ1n) is 19.1. The highest BCUT2D eigenvalue weighted by Gasteiger charge is 2.36. The number of anilines is 3. The molecule has 0 N–H and O–H groups in total. The van der Waals surface area contributed by atoms with Gasteiger partial charge in [0.2, 0.25) is 0 Å². The SMILES string of the molecule is CC1(C)c2ccccc2-c2cc(N(c3ccc(-c4ccc5c(c4)Cc4ccccc4-5)cc3)c3cccc4c5cccc6c7ccccc7n(c34)c65)ccc21. The Kier molecular flexibility index (Phi) is 5.93. The fourth-order valence-corrected chi connectivity index (χ4v) is 10.0. The molecule has 0 atom stereocenters. The normalized spacial score (nSPS) is 13.8. The van der Waals surface area contributed by atoms with E-state index < -0.39 is 0 Å². The Hall–Kier alpha value is -6.64. The van der Waals surface area contributed by atoms with E-state index in [4.69, 9.17) is 0 Å². The standard InChI is InChI=1S/C52H36N2/c1-52(2)46-18-7-5-13-40(46)45-31-37(26-28-47(45)52)53(36-24-21-32(22-25-36)33-23-27-39-35(29-33)30-34-11-3-4-12-38(34)39)49-20-10-17-44-43-16-9-15-42-41-14-6-8-19-48(41)54(50(42)43)51(44)49/h3-29,31H,30H2,1-2H3. The number of para-hydroxylation sites is 3. The van der Waals surface area contributed by atoms with Gasteiger partial charge in [-0.05, 0) is 98.5 Å². The maximum Gasteiger partial charge on any atom is 0.0782 e. The lowest BCUT2D eigenvalue weighted by molar-refractivity contribution is 0.660. The first-order chi connectivity index (χ1) is 26.5. The minimum absolute atomic E-state index is 0.0561. The van der Waals surface area contributed by atoms with Crippen molar-refractivity contribution in [2.75, 3.05) is 4.90 Å². The van der Waals surface area contributed by atoms with Crippen molar-refractivity contribution in [3.8, 4) is 33.4 Å². The molecule has 2 aliphatic rings. The molecule has 0 saturated heterocycles. The Bertz CT molecular complexity index is 3160. The molecule has 254 valence electrons. The van der Waals surface area contributed by atoms with Gasteiger partial charge < -0.3 is 9.30 Å². The van der Waals surface area contributed by atoms with Crippen LogP contribution < -0.4 is 4.90 Å². The summed E-state index contributed by atoms with van der Waals surface area (Å²) in [5.41, 5.74) is 20.6. The lowest BCUT2D eigenvalue weighted by atomic mass is 9.82. The van der Waals surface area contributed by atoms with E-state index in [-0.39, 0.29) is 5.41 Å². The zero-order valence-electron chi connectivity index (χ0n) is 30.3. The quantitative estimate of drug-likeness (QED) is 0.179. The van der Waals surface area contributed by atoms with Crippen LogP contribution in [-0.2, 0) is 11.8 Å². The van der Waals surface area contributed by atoms with Gasteiger partial charge in [0, 0.05) is 38.3 Å². The number of aromatic nitrogens is 1. The molecule has 0 unspecified atom stereocenters. The van der Waals surface area contributed by atoms with E-state index in [0.717, 1.165) is 17.8 Å². The van der Waals surface area contributed by atoms with Crippen LogP contribution in [0.15, 0.2) is 170 Å². The van der Waals surface area contributed by atoms with Gasteiger partial charge in [-0.25, -0.2) is 0 Å². The van der Waals surface area contributed by atoms with E-state index in [9.17, 15) is 0 Å². The predicted octanol–water partition coefficient (Wildman–Crippen LogP) is 13.9. The summed E-state index contributed by atoms with van der Waals surface area (Å²) >= 11 is 0. The molecule has 2 heterocycles. The van der Waals surface area contributed by atoms with Crippen LogP contribution in [0.5, 0.6) is 0 Å². The molecule has 0 radical (unpaired) electrons. The predicted molar refractivity (Wildman–Crippen MR) is 227 cm³/mol. The summed E-state index contributed by atoms with van der Waals surface area (Å²) in [4.78, 5) is 2.49. The molecule has 0 bridgehead atoms. The molecule has 2 aliphatic carbocycles. The first kappa shape index (κ1) is 29.9. The van der Waals surface area contributed by atoms with Crippen molar-refractivity contribution < 1.29 is 0 Å². The highest BCUT2D eigenvalue weighted by molar-refractivity contribution is 6.25. The average Bonchev–Trinajstić information content (AvgIpc) is 3.93. The average molecular weight is 689 g/mol. The van der Waals surface area contributed by atoms with E-state index in [1.807, 2.05) is 0 Å². The molecule has 2 nitrogen and oxygen atoms in total. The van der Waals surface area contributed by atoms with Gasteiger partial charge in [-0.15, -0.1) is 0 Å². The van der Waals surface area contributed by atoms with Gasteiger partial charge in [0.15, 0.2) is 0 Å². The number of hydrogen-bond acceptors (Lipinski definition) is 1. The van der Waals surface area contributed by atoms with Gasteiger partial charge >= 0.3 is 0 Å². The van der Waals surface area contributed by atoms with E-state index in [1.165, 1.54) is 99.4 Å². The Morgan fingerprint density at radius 1 is 0.444 bits per heavy atom. The molecule has 0 spiro atoms. The molecule has 8 aromatic carbocycles. The van der Waals surface area contributed by atoms with Crippen molar-refractivity contribution in [2.45, 2.75) is 25.7 Å². The third kappa shape index (κ3) is 3.95. The molecular formula is C52H36N2. The fourth-order valence-electron chi connectivity index (χ4n) is 10.0. The molecular weight excluding hydrogens is 653 g/mol. The summed E-state index contributed by atoms with van der Waals surface area (Å²) in [7, 11) is 0. The number of benzene rings is 8. The van der Waals surface area contributed by atoms with E-state index in [0.29, 0.717) is 0 Å². The van der Waals surface area contributed by atoms with Crippen LogP contribution >= 0.6 is 0 Å². The van der Waals surface area contributed by atoms with Gasteiger partial charge in [-0.1, -0.05) is 147 Å². The van der Waals surface area contributed by atoms with Crippen LogP contribution in [-0.4, -0.2) is 4.40 Å². The molecule has 12 rings (SSSR count). The van der Waals surface area contributed by atoms with Gasteiger partial charge in [0.1, 0.15) is 0 Å². The third-order valence-electron chi connectivity index (χ3n) is 12.5. The fraction of sp³-hybridized carbons (Fsp3) is 0.0769. The Morgan fingerprint density at radius 2 is 1.07 bits per heavy atom. The van der Waals surface area contributed by atoms with E-state index >= 15 is 0 Å². The Balaban J connectivity index is 1.08. The van der Waals surface area contributed by atoms with Crippen molar-refractivity contribution in [1.82, 2.24) is 4.40 Å². The summed E-state index contributed by atoms with van der Waals surface area (Å²) < 4.78 is 2.51. The van der Waals surface area contributed by atoms with Crippen LogP contribution in [0.4, 0.5) is 17.1 Å². The van der Waals surface area contributed by atoms with E-state index in [1.54, 1.807) is 0 Å². The van der Waals surface area contributed by atoms with Gasteiger partial charge in [-0.2, -0.15) is 0 Å². The zero-order chi connectivity index (χ0) is 35.7. The summed E-state index contributed by atoms with van der Waals surface area (Å²) in [6.45, 7) is 4.71. The second-order valence-corrected chi connectivity index (χ2v) is 15.7. The van der Waals surface area contributed by atoms with Crippen molar-refractivity contribution in [1.29, 1.82) is 0 Å². The Labute approximate surface area is 314 Å². The molecule has 0 saturated carbocycles. The lowest BCUT2D eigenvalue weighted by Crippen LogP contribution is -2.15. The number of rotatable bonds is 4. The van der Waals surface area contributed by atoms with Gasteiger partial charge in [0.25, 0.3) is 0 Å². The summed E-state index contributed by atoms with van der Waals surface area (Å²) in [5.74, 6) is 0. The second kappa shape index (κ2) is 10.7. The monoisotopic (exact) mass is 688 g/mol. The topological polar surface area (TPSA) is 7.65 Å². The van der Waals surface area contributed by atoms with Crippen molar-refractivity contribution in [3.05, 3.63) is 192 Å². The highest BCUT2D eigenvalue weighted by atomic mass is 15.2. The minimum atomic E-state index is -0.0561. The second-order valence-electron chi connectivity index (χ2n) is 15.7. The third-order valence-corrected chi connectivity index (χ3v) is 12.5. The van der Waals surface area contributed by atoms with Crippen molar-refractivity contribution in [3.63, 3.8) is 0 Å². The summed E-state index contributed by atoms with van der Waals surface area (Å²) in [6, 6.07) is 63.6. The summed E-state index contributed by atoms with van der Waals surface area (Å²) in [5, 5.41) is 5.15. The zero-order valence-corrected chi connectivity index (χ0v) is 30.3. The first-order valence-corrected chi connectivity index (χ1v) is 19.1. The number of nitrogens with zero attached hydrogens (tertiary/aromatic N) is 2. The molecule has 54 heavy (non-hydrogen) atoms. The number of hydrogen-bond donors (Lipinski definition) is 0. The molecule has 0 aliphatic heterocycles. The maximum absolute atomic E-state index is 2.51. The van der Waals surface area contributed by atoms with Crippen LogP contribution in [0.1, 0.15) is 36.1 Å². The molecule has 0 fully saturated rings. The molecule has 10 aromatic rings.